The lowest BCUT2D eigenvalue weighted by molar-refractivity contribution is -0.126. The molecule has 2 amide bonds. The van der Waals surface area contributed by atoms with Gasteiger partial charge in [0, 0.05) is 35.8 Å². The molecule has 1 unspecified atom stereocenters. The zero-order valence-corrected chi connectivity index (χ0v) is 16.4. The summed E-state index contributed by atoms with van der Waals surface area (Å²) in [6.07, 6.45) is 0.253. The monoisotopic (exact) mass is 384 g/mol. The minimum Gasteiger partial charge on any atom is -0.497 e. The van der Waals surface area contributed by atoms with Crippen molar-refractivity contribution in [2.24, 2.45) is 5.92 Å². The first-order chi connectivity index (χ1) is 13.1. The average Bonchev–Trinajstić information content (AvgIpc) is 3.08. The van der Waals surface area contributed by atoms with Crippen LogP contribution in [0, 0.1) is 12.8 Å². The summed E-state index contributed by atoms with van der Waals surface area (Å²) >= 11 is 1.71. The van der Waals surface area contributed by atoms with Gasteiger partial charge in [0.25, 0.3) is 0 Å². The Morgan fingerprint density at radius 1 is 1.19 bits per heavy atom. The molecule has 1 aliphatic rings. The highest BCUT2D eigenvalue weighted by Gasteiger charge is 2.34. The van der Waals surface area contributed by atoms with E-state index in [0.29, 0.717) is 13.1 Å². The molecule has 0 radical (unpaired) electrons. The Labute approximate surface area is 164 Å². The van der Waals surface area contributed by atoms with E-state index < -0.39 is 0 Å². The van der Waals surface area contributed by atoms with Crippen molar-refractivity contribution in [2.75, 3.05) is 30.9 Å². The molecule has 1 heterocycles. The first kappa shape index (κ1) is 19.3. The van der Waals surface area contributed by atoms with E-state index in [0.717, 1.165) is 17.2 Å². The molecule has 5 nitrogen and oxygen atoms in total. The highest BCUT2D eigenvalue weighted by Crippen LogP contribution is 2.27. The molecule has 0 aromatic heterocycles. The van der Waals surface area contributed by atoms with Crippen LogP contribution in [0.2, 0.25) is 0 Å². The predicted molar refractivity (Wildman–Crippen MR) is 108 cm³/mol. The van der Waals surface area contributed by atoms with Crippen LogP contribution >= 0.6 is 11.8 Å². The average molecular weight is 385 g/mol. The molecular formula is C21H24N2O3S. The van der Waals surface area contributed by atoms with Gasteiger partial charge in [-0.3, -0.25) is 9.59 Å². The van der Waals surface area contributed by atoms with Gasteiger partial charge in [-0.2, -0.15) is 0 Å². The third kappa shape index (κ3) is 5.04. The molecule has 0 spiro atoms. The Hall–Kier alpha value is -2.47. The Morgan fingerprint density at radius 3 is 2.56 bits per heavy atom. The lowest BCUT2D eigenvalue weighted by Crippen LogP contribution is -2.34. The smallest absolute Gasteiger partial charge is 0.227 e. The molecule has 2 aromatic carbocycles. The Kier molecular flexibility index (Phi) is 6.40. The maximum atomic E-state index is 12.4. The summed E-state index contributed by atoms with van der Waals surface area (Å²) in [4.78, 5) is 27.6. The van der Waals surface area contributed by atoms with Crippen molar-refractivity contribution >= 4 is 29.3 Å². The van der Waals surface area contributed by atoms with Crippen molar-refractivity contribution in [1.82, 2.24) is 5.32 Å². The van der Waals surface area contributed by atoms with Crippen LogP contribution < -0.4 is 15.0 Å². The fraction of sp³-hybridized carbons (Fsp3) is 0.333. The minimum atomic E-state index is -0.302. The third-order valence-electron chi connectivity index (χ3n) is 4.57. The number of hydrogen-bond donors (Lipinski definition) is 1. The number of aryl methyl sites for hydroxylation is 1. The fourth-order valence-electron chi connectivity index (χ4n) is 3.02. The van der Waals surface area contributed by atoms with Gasteiger partial charge in [0.05, 0.1) is 13.0 Å². The second-order valence-corrected chi connectivity index (χ2v) is 7.72. The van der Waals surface area contributed by atoms with E-state index in [1.807, 2.05) is 24.3 Å². The number of nitrogens with zero attached hydrogens (tertiary/aromatic N) is 1. The Bertz CT molecular complexity index is 790. The summed E-state index contributed by atoms with van der Waals surface area (Å²) in [6.45, 7) is 3.07. The lowest BCUT2D eigenvalue weighted by atomic mass is 10.1. The molecule has 27 heavy (non-hydrogen) atoms. The number of nitrogens with one attached hydrogen (secondary N) is 1. The first-order valence-electron chi connectivity index (χ1n) is 8.98. The first-order valence-corrected chi connectivity index (χ1v) is 9.97. The molecule has 0 bridgehead atoms. The van der Waals surface area contributed by atoms with Crippen LogP contribution in [0.5, 0.6) is 5.75 Å². The van der Waals surface area contributed by atoms with Crippen LogP contribution in [0.25, 0.3) is 0 Å². The maximum absolute atomic E-state index is 12.4. The minimum absolute atomic E-state index is 0.0191. The van der Waals surface area contributed by atoms with Gasteiger partial charge in [-0.15, -0.1) is 11.8 Å². The normalized spacial score (nSPS) is 16.4. The number of hydrogen-bond acceptors (Lipinski definition) is 4. The van der Waals surface area contributed by atoms with Gasteiger partial charge in [-0.25, -0.2) is 0 Å². The van der Waals surface area contributed by atoms with Gasteiger partial charge in [0.2, 0.25) is 11.8 Å². The van der Waals surface area contributed by atoms with Gasteiger partial charge in [-0.05, 0) is 43.3 Å². The van der Waals surface area contributed by atoms with E-state index in [1.54, 1.807) is 23.8 Å². The van der Waals surface area contributed by atoms with Crippen molar-refractivity contribution in [3.8, 4) is 5.75 Å². The molecule has 0 saturated carbocycles. The zero-order chi connectivity index (χ0) is 19.2. The van der Waals surface area contributed by atoms with Gasteiger partial charge in [0.15, 0.2) is 0 Å². The number of rotatable bonds is 7. The largest absolute Gasteiger partial charge is 0.497 e. The summed E-state index contributed by atoms with van der Waals surface area (Å²) < 4.78 is 5.14. The highest BCUT2D eigenvalue weighted by atomic mass is 32.2. The molecular weight excluding hydrogens is 360 g/mol. The van der Waals surface area contributed by atoms with Crippen molar-refractivity contribution in [2.45, 2.75) is 18.2 Å². The fourth-order valence-corrected chi connectivity index (χ4v) is 3.79. The lowest BCUT2D eigenvalue weighted by Gasteiger charge is -2.17. The van der Waals surface area contributed by atoms with Crippen LogP contribution in [0.3, 0.4) is 0 Å². The van der Waals surface area contributed by atoms with Crippen molar-refractivity contribution in [1.29, 1.82) is 0 Å². The van der Waals surface area contributed by atoms with E-state index in [1.165, 1.54) is 10.5 Å². The third-order valence-corrected chi connectivity index (χ3v) is 5.58. The number of carbonyl (C=O) groups excluding carboxylic acids is 2. The number of amides is 2. The molecule has 6 heteroatoms. The van der Waals surface area contributed by atoms with Gasteiger partial charge in [0.1, 0.15) is 5.75 Å². The number of carbonyl (C=O) groups is 2. The van der Waals surface area contributed by atoms with Crippen molar-refractivity contribution in [3.63, 3.8) is 0 Å². The molecule has 0 aliphatic carbocycles. The van der Waals surface area contributed by atoms with E-state index in [4.69, 9.17) is 4.74 Å². The molecule has 1 atom stereocenters. The Morgan fingerprint density at radius 2 is 1.89 bits per heavy atom. The number of ether oxygens (including phenoxy) is 1. The van der Waals surface area contributed by atoms with E-state index in [-0.39, 0.29) is 24.2 Å². The highest BCUT2D eigenvalue weighted by molar-refractivity contribution is 7.99. The number of anilines is 1. The molecule has 3 rings (SSSR count). The topological polar surface area (TPSA) is 58.6 Å². The number of benzene rings is 2. The quantitative estimate of drug-likeness (QED) is 0.588. The maximum Gasteiger partial charge on any atom is 0.227 e. The van der Waals surface area contributed by atoms with Crippen LogP contribution in [-0.4, -0.2) is 37.8 Å². The van der Waals surface area contributed by atoms with E-state index in [9.17, 15) is 9.59 Å². The van der Waals surface area contributed by atoms with Gasteiger partial charge in [-0.1, -0.05) is 17.7 Å². The van der Waals surface area contributed by atoms with Gasteiger partial charge >= 0.3 is 0 Å². The Balaban J connectivity index is 1.46. The van der Waals surface area contributed by atoms with Crippen LogP contribution in [0.15, 0.2) is 53.4 Å². The van der Waals surface area contributed by atoms with Crippen LogP contribution in [-0.2, 0) is 9.59 Å². The van der Waals surface area contributed by atoms with Crippen molar-refractivity contribution in [3.05, 3.63) is 54.1 Å². The molecule has 142 valence electrons. The van der Waals surface area contributed by atoms with Crippen molar-refractivity contribution < 1.29 is 14.3 Å². The summed E-state index contributed by atoms with van der Waals surface area (Å²) in [5.41, 5.74) is 2.03. The van der Waals surface area contributed by atoms with Crippen LogP contribution in [0.1, 0.15) is 12.0 Å². The second kappa shape index (κ2) is 8.95. The van der Waals surface area contributed by atoms with E-state index in [2.05, 4.69) is 36.5 Å². The molecule has 1 saturated heterocycles. The zero-order valence-electron chi connectivity index (χ0n) is 15.6. The van der Waals surface area contributed by atoms with Crippen LogP contribution in [0.4, 0.5) is 5.69 Å². The summed E-state index contributed by atoms with van der Waals surface area (Å²) in [5, 5.41) is 2.96. The molecule has 1 fully saturated rings. The SMILES string of the molecule is COc1ccc(N2CC(C(=O)NCCSc3ccc(C)cc3)CC2=O)cc1. The number of thioether (sulfide) groups is 1. The van der Waals surface area contributed by atoms with E-state index >= 15 is 0 Å². The molecule has 1 aliphatic heterocycles. The van der Waals surface area contributed by atoms with Gasteiger partial charge < -0.3 is 15.0 Å². The molecule has 2 aromatic rings. The summed E-state index contributed by atoms with van der Waals surface area (Å²) in [7, 11) is 1.60. The molecule has 1 N–H and O–H groups in total. The number of methoxy groups -OCH3 is 1. The predicted octanol–water partition coefficient (Wildman–Crippen LogP) is 3.27. The standard InChI is InChI=1S/C21H24N2O3S/c1-15-3-9-19(10-4-15)27-12-11-22-21(25)16-13-20(24)23(14-16)17-5-7-18(26-2)8-6-17/h3-10,16H,11-14H2,1-2H3,(H,22,25). The second-order valence-electron chi connectivity index (χ2n) is 6.56. The summed E-state index contributed by atoms with van der Waals surface area (Å²) in [6, 6.07) is 15.7. The summed E-state index contributed by atoms with van der Waals surface area (Å²) in [5.74, 6) is 1.17.